The maximum absolute atomic E-state index is 4.03. The van der Waals surface area contributed by atoms with Crippen LogP contribution < -0.4 is 0 Å². The molecule has 15 heavy (non-hydrogen) atoms. The summed E-state index contributed by atoms with van der Waals surface area (Å²) in [5.41, 5.74) is 2.48. The first kappa shape index (κ1) is 8.29. The number of rotatable bonds is 2. The molecule has 0 aliphatic rings. The van der Waals surface area contributed by atoms with E-state index in [1.54, 1.807) is 6.20 Å². The van der Waals surface area contributed by atoms with Gasteiger partial charge in [-0.1, -0.05) is 6.07 Å². The molecule has 0 aliphatic carbocycles. The van der Waals surface area contributed by atoms with Crippen LogP contribution in [0.3, 0.4) is 0 Å². The third-order valence-corrected chi connectivity index (χ3v) is 2.54. The topological polar surface area (TPSA) is 33.6 Å². The van der Waals surface area contributed by atoms with Crippen LogP contribution in [0.4, 0.5) is 0 Å². The molecule has 0 spiro atoms. The first-order valence-electron chi connectivity index (χ1n) is 4.93. The number of aromatic nitrogens is 3. The highest BCUT2D eigenvalue weighted by Gasteiger charge is 1.97. The quantitative estimate of drug-likeness (QED) is 0.672. The predicted octanol–water partition coefficient (Wildman–Crippen LogP) is 2.41. The molecule has 0 radical (unpaired) electrons. The van der Waals surface area contributed by atoms with Crippen molar-refractivity contribution in [3.8, 4) is 0 Å². The number of hydrogen-bond acceptors (Lipinski definition) is 1. The van der Waals surface area contributed by atoms with Crippen molar-refractivity contribution in [3.05, 3.63) is 54.7 Å². The van der Waals surface area contributed by atoms with Crippen LogP contribution in [0.1, 0.15) is 5.56 Å². The Labute approximate surface area is 87.4 Å². The Morgan fingerprint density at radius 3 is 3.13 bits per heavy atom. The Balaban J connectivity index is 1.97. The highest BCUT2D eigenvalue weighted by Crippen LogP contribution is 2.14. The molecule has 1 N–H and O–H groups in total. The molecule has 0 bridgehead atoms. The fourth-order valence-corrected chi connectivity index (χ4v) is 1.79. The lowest BCUT2D eigenvalue weighted by atomic mass is 10.1. The smallest absolute Gasteiger partial charge is 0.0949 e. The summed E-state index contributed by atoms with van der Waals surface area (Å²) in [7, 11) is 0. The molecule has 74 valence electrons. The third kappa shape index (κ3) is 1.52. The van der Waals surface area contributed by atoms with Gasteiger partial charge in [0.15, 0.2) is 0 Å². The lowest BCUT2D eigenvalue weighted by molar-refractivity contribution is 0.798. The monoisotopic (exact) mass is 197 g/mol. The van der Waals surface area contributed by atoms with Gasteiger partial charge >= 0.3 is 0 Å². The van der Waals surface area contributed by atoms with Gasteiger partial charge in [-0.3, -0.25) is 0 Å². The highest BCUT2D eigenvalue weighted by molar-refractivity contribution is 5.79. The Hall–Kier alpha value is -2.03. The molecular formula is C12H11N3. The van der Waals surface area contributed by atoms with E-state index in [-0.39, 0.29) is 0 Å². The fraction of sp³-hybridized carbons (Fsp3) is 0.0833. The average molecular weight is 197 g/mol. The maximum Gasteiger partial charge on any atom is 0.0949 e. The second kappa shape index (κ2) is 3.28. The van der Waals surface area contributed by atoms with E-state index in [2.05, 4.69) is 38.8 Å². The summed E-state index contributed by atoms with van der Waals surface area (Å²) in [5.74, 6) is 0. The van der Waals surface area contributed by atoms with Crippen LogP contribution in [-0.4, -0.2) is 14.5 Å². The van der Waals surface area contributed by atoms with E-state index in [1.807, 2.05) is 18.7 Å². The summed E-state index contributed by atoms with van der Waals surface area (Å²) in [5, 5.41) is 1.26. The van der Waals surface area contributed by atoms with E-state index in [9.17, 15) is 0 Å². The zero-order valence-corrected chi connectivity index (χ0v) is 8.22. The second-order valence-electron chi connectivity index (χ2n) is 3.63. The highest BCUT2D eigenvalue weighted by atomic mass is 15.0. The average Bonchev–Trinajstić information content (AvgIpc) is 2.87. The molecule has 3 heteroatoms. The van der Waals surface area contributed by atoms with Crippen LogP contribution in [0.2, 0.25) is 0 Å². The predicted molar refractivity (Wildman–Crippen MR) is 59.6 cm³/mol. The number of imidazole rings is 1. The van der Waals surface area contributed by atoms with Gasteiger partial charge in [0.2, 0.25) is 0 Å². The molecule has 0 aliphatic heterocycles. The summed E-state index contributed by atoms with van der Waals surface area (Å²) in [6.07, 6.45) is 7.57. The molecule has 3 aromatic rings. The number of H-pyrrole nitrogens is 1. The van der Waals surface area contributed by atoms with Gasteiger partial charge in [0.1, 0.15) is 0 Å². The van der Waals surface area contributed by atoms with Gasteiger partial charge < -0.3 is 9.55 Å². The van der Waals surface area contributed by atoms with Crippen molar-refractivity contribution < 1.29 is 0 Å². The van der Waals surface area contributed by atoms with Crippen molar-refractivity contribution in [2.75, 3.05) is 0 Å². The minimum Gasteiger partial charge on any atom is -0.361 e. The van der Waals surface area contributed by atoms with Crippen LogP contribution in [0.15, 0.2) is 49.2 Å². The van der Waals surface area contributed by atoms with E-state index in [0.717, 1.165) is 6.54 Å². The van der Waals surface area contributed by atoms with Gasteiger partial charge in [-0.15, -0.1) is 0 Å². The number of fused-ring (bicyclic) bond motifs is 1. The van der Waals surface area contributed by atoms with Crippen LogP contribution >= 0.6 is 0 Å². The summed E-state index contributed by atoms with van der Waals surface area (Å²) >= 11 is 0. The Morgan fingerprint density at radius 1 is 1.27 bits per heavy atom. The molecule has 1 aromatic carbocycles. The molecular weight excluding hydrogens is 186 g/mol. The minimum absolute atomic E-state index is 0.876. The fourth-order valence-electron chi connectivity index (χ4n) is 1.79. The standard InChI is InChI=1S/C12H11N3/c1-2-12-11(3-4-14-12)7-10(1)8-15-6-5-13-9-15/h1-7,9,14H,8H2. The number of nitrogens with one attached hydrogen (secondary N) is 1. The normalized spacial score (nSPS) is 10.9. The molecule has 0 saturated carbocycles. The molecule has 0 fully saturated rings. The third-order valence-electron chi connectivity index (χ3n) is 2.54. The number of benzene rings is 1. The van der Waals surface area contributed by atoms with Crippen molar-refractivity contribution >= 4 is 10.9 Å². The molecule has 0 atom stereocenters. The zero-order chi connectivity index (χ0) is 10.1. The van der Waals surface area contributed by atoms with E-state index in [4.69, 9.17) is 0 Å². The van der Waals surface area contributed by atoms with E-state index >= 15 is 0 Å². The SMILES string of the molecule is c1cn(Cc2ccc3[nH]ccc3c2)cn1. The number of hydrogen-bond donors (Lipinski definition) is 1. The Kier molecular flexibility index (Phi) is 1.81. The van der Waals surface area contributed by atoms with Gasteiger partial charge in [0, 0.05) is 30.7 Å². The van der Waals surface area contributed by atoms with Crippen molar-refractivity contribution in [1.29, 1.82) is 0 Å². The minimum atomic E-state index is 0.876. The zero-order valence-electron chi connectivity index (χ0n) is 8.22. The van der Waals surface area contributed by atoms with E-state index in [0.29, 0.717) is 0 Å². The molecule has 3 rings (SSSR count). The van der Waals surface area contributed by atoms with Crippen molar-refractivity contribution in [3.63, 3.8) is 0 Å². The Bertz CT molecular complexity index is 563. The van der Waals surface area contributed by atoms with Gasteiger partial charge in [-0.25, -0.2) is 4.98 Å². The number of aromatic amines is 1. The molecule has 2 heterocycles. The first-order valence-corrected chi connectivity index (χ1v) is 4.93. The molecule has 0 unspecified atom stereocenters. The molecule has 0 saturated heterocycles. The van der Waals surface area contributed by atoms with Crippen LogP contribution in [-0.2, 0) is 6.54 Å². The lowest BCUT2D eigenvalue weighted by Gasteiger charge is -2.02. The van der Waals surface area contributed by atoms with E-state index in [1.165, 1.54) is 16.5 Å². The van der Waals surface area contributed by atoms with Gasteiger partial charge in [0.05, 0.1) is 6.33 Å². The lowest BCUT2D eigenvalue weighted by Crippen LogP contribution is -1.95. The summed E-state index contributed by atoms with van der Waals surface area (Å²) in [4.78, 5) is 7.21. The van der Waals surface area contributed by atoms with Crippen molar-refractivity contribution in [2.24, 2.45) is 0 Å². The van der Waals surface area contributed by atoms with Crippen LogP contribution in [0.25, 0.3) is 10.9 Å². The first-order chi connectivity index (χ1) is 7.42. The Morgan fingerprint density at radius 2 is 2.27 bits per heavy atom. The molecule has 3 nitrogen and oxygen atoms in total. The molecule has 0 amide bonds. The number of nitrogens with zero attached hydrogens (tertiary/aromatic N) is 2. The van der Waals surface area contributed by atoms with Crippen molar-refractivity contribution in [2.45, 2.75) is 6.54 Å². The molecule has 2 aromatic heterocycles. The summed E-state index contributed by atoms with van der Waals surface area (Å²) in [6.45, 7) is 0.876. The van der Waals surface area contributed by atoms with Crippen LogP contribution in [0.5, 0.6) is 0 Å². The maximum atomic E-state index is 4.03. The van der Waals surface area contributed by atoms with Crippen molar-refractivity contribution in [1.82, 2.24) is 14.5 Å². The van der Waals surface area contributed by atoms with Gasteiger partial charge in [-0.2, -0.15) is 0 Å². The van der Waals surface area contributed by atoms with Gasteiger partial charge in [-0.05, 0) is 29.1 Å². The van der Waals surface area contributed by atoms with Crippen LogP contribution in [0, 0.1) is 0 Å². The largest absolute Gasteiger partial charge is 0.361 e. The summed E-state index contributed by atoms with van der Waals surface area (Å²) < 4.78 is 2.06. The van der Waals surface area contributed by atoms with Gasteiger partial charge in [0.25, 0.3) is 0 Å². The summed E-state index contributed by atoms with van der Waals surface area (Å²) in [6, 6.07) is 8.54. The second-order valence-corrected chi connectivity index (χ2v) is 3.63. The van der Waals surface area contributed by atoms with E-state index < -0.39 is 0 Å².